The Kier molecular flexibility index (Phi) is 5.42. The highest BCUT2D eigenvalue weighted by Crippen LogP contribution is 2.66. The molecule has 0 aromatic heterocycles. The van der Waals surface area contributed by atoms with Crippen molar-refractivity contribution in [1.29, 1.82) is 0 Å². The summed E-state index contributed by atoms with van der Waals surface area (Å²) in [5.74, 6) is 5.52. The first kappa shape index (κ1) is 19.4. The van der Waals surface area contributed by atoms with Crippen LogP contribution >= 0.6 is 0 Å². The van der Waals surface area contributed by atoms with Gasteiger partial charge in [-0.1, -0.05) is 27.2 Å². The van der Waals surface area contributed by atoms with Crippen molar-refractivity contribution in [2.24, 2.45) is 46.3 Å². The van der Waals surface area contributed by atoms with Crippen molar-refractivity contribution in [1.82, 2.24) is 0 Å². The van der Waals surface area contributed by atoms with Crippen LogP contribution in [0.2, 0.25) is 0 Å². The van der Waals surface area contributed by atoms with Gasteiger partial charge in [-0.15, -0.1) is 0 Å². The highest BCUT2D eigenvalue weighted by molar-refractivity contribution is 5.79. The first-order chi connectivity index (χ1) is 11.8. The number of Topliss-reactive ketones (excluding diaryl/α,β-unsaturated/α-hetero) is 1. The van der Waals surface area contributed by atoms with E-state index in [0.717, 1.165) is 36.7 Å². The molecule has 4 fully saturated rings. The number of ketones is 1. The van der Waals surface area contributed by atoms with E-state index in [4.69, 9.17) is 5.11 Å². The van der Waals surface area contributed by atoms with Gasteiger partial charge in [-0.25, -0.2) is 0 Å². The molecule has 8 unspecified atom stereocenters. The molecule has 0 radical (unpaired) electrons. The van der Waals surface area contributed by atoms with Gasteiger partial charge in [-0.2, -0.15) is 0 Å². The quantitative estimate of drug-likeness (QED) is 0.681. The summed E-state index contributed by atoms with van der Waals surface area (Å²) in [6.07, 6.45) is 12.6. The molecule has 0 aromatic rings. The lowest BCUT2D eigenvalue weighted by molar-refractivity contribution is -0.131. The van der Waals surface area contributed by atoms with Crippen molar-refractivity contribution < 1.29 is 9.90 Å². The molecule has 25 heavy (non-hydrogen) atoms. The lowest BCUT2D eigenvalue weighted by Crippen LogP contribution is -2.52. The minimum absolute atomic E-state index is 0.336. The maximum atomic E-state index is 12.2. The van der Waals surface area contributed by atoms with Crippen molar-refractivity contribution >= 4 is 5.78 Å². The normalized spacial score (nSPS) is 51.4. The van der Waals surface area contributed by atoms with Crippen LogP contribution in [0, 0.1) is 46.3 Å². The summed E-state index contributed by atoms with van der Waals surface area (Å²) in [5, 5.41) is 7.00. The van der Waals surface area contributed by atoms with Crippen LogP contribution in [0.15, 0.2) is 0 Å². The minimum atomic E-state index is 0.336. The van der Waals surface area contributed by atoms with Crippen LogP contribution < -0.4 is 0 Å². The summed E-state index contributed by atoms with van der Waals surface area (Å²) in [7, 11) is 1.00. The topological polar surface area (TPSA) is 37.3 Å². The van der Waals surface area contributed by atoms with Gasteiger partial charge >= 0.3 is 0 Å². The maximum absolute atomic E-state index is 12.2. The molecule has 0 aliphatic heterocycles. The fourth-order valence-electron chi connectivity index (χ4n) is 8.28. The Balaban J connectivity index is 0.000000880. The standard InChI is InChI=1S/C22H36O.CH4O/c1-14-5-6-19-16-10-12-22(4)18(15(2)23)7-8-20(22)17(16)9-11-21(19,3)13-14;1-2/h14,16-20H,5-13H2,1-4H3;2H,1H3. The van der Waals surface area contributed by atoms with E-state index in [2.05, 4.69) is 20.8 Å². The Morgan fingerprint density at radius 3 is 2.16 bits per heavy atom. The number of aliphatic hydroxyl groups excluding tert-OH is 1. The predicted molar refractivity (Wildman–Crippen MR) is 103 cm³/mol. The van der Waals surface area contributed by atoms with E-state index in [1.165, 1.54) is 57.8 Å². The molecule has 144 valence electrons. The third-order valence-electron chi connectivity index (χ3n) is 9.23. The number of aliphatic hydroxyl groups is 1. The zero-order valence-corrected chi connectivity index (χ0v) is 17.2. The largest absolute Gasteiger partial charge is 0.400 e. The van der Waals surface area contributed by atoms with E-state index < -0.39 is 0 Å². The molecule has 2 nitrogen and oxygen atoms in total. The van der Waals surface area contributed by atoms with Gasteiger partial charge in [0, 0.05) is 13.0 Å². The second-order valence-corrected chi connectivity index (χ2v) is 10.4. The summed E-state index contributed by atoms with van der Waals surface area (Å²) in [5.41, 5.74) is 0.966. The van der Waals surface area contributed by atoms with Gasteiger partial charge in [-0.05, 0) is 98.7 Å². The zero-order valence-electron chi connectivity index (χ0n) is 17.2. The molecule has 4 aliphatic carbocycles. The van der Waals surface area contributed by atoms with Gasteiger partial charge in [0.25, 0.3) is 0 Å². The van der Waals surface area contributed by atoms with Gasteiger partial charge in [0.05, 0.1) is 0 Å². The van der Waals surface area contributed by atoms with Crippen LogP contribution in [0.4, 0.5) is 0 Å². The Bertz CT molecular complexity index is 500. The van der Waals surface area contributed by atoms with Crippen LogP contribution in [0.5, 0.6) is 0 Å². The average molecular weight is 349 g/mol. The smallest absolute Gasteiger partial charge is 0.133 e. The lowest BCUT2D eigenvalue weighted by Gasteiger charge is -2.59. The molecule has 1 N–H and O–H groups in total. The molecule has 0 saturated heterocycles. The Hall–Kier alpha value is -0.370. The summed E-state index contributed by atoms with van der Waals surface area (Å²) < 4.78 is 0. The highest BCUT2D eigenvalue weighted by atomic mass is 16.2. The molecule has 4 saturated carbocycles. The first-order valence-corrected chi connectivity index (χ1v) is 10.8. The summed E-state index contributed by atoms with van der Waals surface area (Å²) >= 11 is 0. The minimum Gasteiger partial charge on any atom is -0.400 e. The van der Waals surface area contributed by atoms with Crippen LogP contribution in [0.1, 0.15) is 85.5 Å². The number of hydrogen-bond donors (Lipinski definition) is 1. The second-order valence-electron chi connectivity index (χ2n) is 10.4. The molecule has 0 bridgehead atoms. The number of fused-ring (bicyclic) bond motifs is 5. The fraction of sp³-hybridized carbons (Fsp3) is 0.957. The Labute approximate surface area is 155 Å². The second kappa shape index (κ2) is 6.98. The van der Waals surface area contributed by atoms with Crippen molar-refractivity contribution in [2.45, 2.75) is 85.5 Å². The third-order valence-corrected chi connectivity index (χ3v) is 9.23. The van der Waals surface area contributed by atoms with Crippen LogP contribution in [0.3, 0.4) is 0 Å². The van der Waals surface area contributed by atoms with Gasteiger partial charge in [0.15, 0.2) is 0 Å². The third kappa shape index (κ3) is 3.01. The molecule has 2 heteroatoms. The van der Waals surface area contributed by atoms with Gasteiger partial charge in [-0.3, -0.25) is 4.79 Å². The molecule has 0 aromatic carbocycles. The predicted octanol–water partition coefficient (Wildman–Crippen LogP) is 5.48. The molecule has 4 rings (SSSR count). The van der Waals surface area contributed by atoms with E-state index >= 15 is 0 Å². The van der Waals surface area contributed by atoms with E-state index in [9.17, 15) is 4.79 Å². The first-order valence-electron chi connectivity index (χ1n) is 10.8. The average Bonchev–Trinajstić information content (AvgIpc) is 2.93. The molecule has 0 amide bonds. The van der Waals surface area contributed by atoms with Crippen molar-refractivity contribution in [3.8, 4) is 0 Å². The molecule has 4 aliphatic rings. The molecule has 8 atom stereocenters. The highest BCUT2D eigenvalue weighted by Gasteiger charge is 2.59. The van der Waals surface area contributed by atoms with Crippen LogP contribution in [-0.4, -0.2) is 18.0 Å². The monoisotopic (exact) mass is 348 g/mol. The van der Waals surface area contributed by atoms with E-state index in [1.54, 1.807) is 0 Å². The van der Waals surface area contributed by atoms with Crippen molar-refractivity contribution in [3.05, 3.63) is 0 Å². The lowest BCUT2D eigenvalue weighted by atomic mass is 9.45. The molecule has 0 spiro atoms. The summed E-state index contributed by atoms with van der Waals surface area (Å²) in [6.45, 7) is 9.42. The number of rotatable bonds is 1. The summed E-state index contributed by atoms with van der Waals surface area (Å²) in [6, 6.07) is 0. The van der Waals surface area contributed by atoms with E-state index in [1.807, 2.05) is 6.92 Å². The number of carbonyl (C=O) groups excluding carboxylic acids is 1. The van der Waals surface area contributed by atoms with E-state index in [-0.39, 0.29) is 0 Å². The SMILES string of the molecule is CC(=O)C1CCC2C3CCC4(C)CC(C)CCC4C3CCC12C.CO. The maximum Gasteiger partial charge on any atom is 0.133 e. The van der Waals surface area contributed by atoms with Gasteiger partial charge in [0.2, 0.25) is 0 Å². The van der Waals surface area contributed by atoms with Gasteiger partial charge in [0.1, 0.15) is 5.78 Å². The Morgan fingerprint density at radius 2 is 1.48 bits per heavy atom. The number of carbonyl (C=O) groups is 1. The summed E-state index contributed by atoms with van der Waals surface area (Å²) in [4.78, 5) is 12.2. The fourth-order valence-corrected chi connectivity index (χ4v) is 8.28. The van der Waals surface area contributed by atoms with Crippen molar-refractivity contribution in [2.75, 3.05) is 7.11 Å². The molecule has 0 heterocycles. The molecular formula is C23H40O2. The van der Waals surface area contributed by atoms with Crippen LogP contribution in [-0.2, 0) is 4.79 Å². The zero-order chi connectivity index (χ0) is 18.4. The van der Waals surface area contributed by atoms with Gasteiger partial charge < -0.3 is 5.11 Å². The van der Waals surface area contributed by atoms with Crippen LogP contribution in [0.25, 0.3) is 0 Å². The number of hydrogen-bond acceptors (Lipinski definition) is 2. The van der Waals surface area contributed by atoms with E-state index in [0.29, 0.717) is 22.5 Å². The molecular weight excluding hydrogens is 308 g/mol. The van der Waals surface area contributed by atoms with Crippen molar-refractivity contribution in [3.63, 3.8) is 0 Å². The Morgan fingerprint density at radius 1 is 0.880 bits per heavy atom.